The van der Waals surface area contributed by atoms with E-state index in [1.54, 1.807) is 10.9 Å². The summed E-state index contributed by atoms with van der Waals surface area (Å²) in [6.07, 6.45) is 4.99. The minimum Gasteiger partial charge on any atom is -0.317 e. The van der Waals surface area contributed by atoms with Crippen molar-refractivity contribution in [2.75, 3.05) is 18.8 Å². The summed E-state index contributed by atoms with van der Waals surface area (Å²) in [7, 11) is -3.18. The van der Waals surface area contributed by atoms with E-state index in [4.69, 9.17) is 0 Å². The van der Waals surface area contributed by atoms with Crippen molar-refractivity contribution in [1.29, 1.82) is 0 Å². The molecule has 2 heterocycles. The normalized spacial score (nSPS) is 18.4. The van der Waals surface area contributed by atoms with Gasteiger partial charge in [-0.05, 0) is 45.7 Å². The molecule has 2 rings (SSSR count). The molecule has 0 amide bonds. The van der Waals surface area contributed by atoms with Crippen LogP contribution in [0, 0.1) is 5.92 Å². The number of nitrogens with zero attached hydrogens (tertiary/aromatic N) is 2. The number of rotatable bonds is 4. The van der Waals surface area contributed by atoms with Gasteiger partial charge in [0.2, 0.25) is 0 Å². The molecular formula is C12H21N3O2S. The third kappa shape index (κ3) is 3.11. The van der Waals surface area contributed by atoms with Crippen LogP contribution in [0.3, 0.4) is 0 Å². The van der Waals surface area contributed by atoms with Gasteiger partial charge in [-0.1, -0.05) is 0 Å². The largest absolute Gasteiger partial charge is 0.317 e. The van der Waals surface area contributed by atoms with Crippen molar-refractivity contribution in [2.45, 2.75) is 37.6 Å². The van der Waals surface area contributed by atoms with E-state index < -0.39 is 9.84 Å². The van der Waals surface area contributed by atoms with Crippen molar-refractivity contribution in [3.8, 4) is 0 Å². The van der Waals surface area contributed by atoms with Crippen molar-refractivity contribution < 1.29 is 8.42 Å². The predicted molar refractivity (Wildman–Crippen MR) is 70.3 cm³/mol. The molecule has 1 aliphatic rings. The predicted octanol–water partition coefficient (Wildman–Crippen LogP) is 1.24. The molecule has 0 bridgehead atoms. The van der Waals surface area contributed by atoms with Crippen molar-refractivity contribution in [1.82, 2.24) is 15.1 Å². The van der Waals surface area contributed by atoms with Gasteiger partial charge in [-0.3, -0.25) is 4.68 Å². The Bertz CT molecular complexity index is 487. The van der Waals surface area contributed by atoms with E-state index in [1.807, 2.05) is 13.8 Å². The Hall–Kier alpha value is -0.880. The minimum absolute atomic E-state index is 0.188. The van der Waals surface area contributed by atoms with Crippen molar-refractivity contribution in [3.05, 3.63) is 12.4 Å². The first kappa shape index (κ1) is 13.5. The van der Waals surface area contributed by atoms with Gasteiger partial charge in [-0.25, -0.2) is 8.42 Å². The van der Waals surface area contributed by atoms with Gasteiger partial charge >= 0.3 is 0 Å². The van der Waals surface area contributed by atoms with Gasteiger partial charge in [0, 0.05) is 12.2 Å². The molecule has 1 aliphatic heterocycles. The highest BCUT2D eigenvalue weighted by Gasteiger charge is 2.24. The van der Waals surface area contributed by atoms with Crippen LogP contribution in [0.1, 0.15) is 32.7 Å². The van der Waals surface area contributed by atoms with E-state index in [0.29, 0.717) is 4.90 Å². The first-order valence-electron chi connectivity index (χ1n) is 6.46. The number of nitrogens with one attached hydrogen (secondary N) is 1. The Morgan fingerprint density at radius 2 is 2.11 bits per heavy atom. The van der Waals surface area contributed by atoms with Crippen LogP contribution in [0.4, 0.5) is 0 Å². The maximum Gasteiger partial charge on any atom is 0.181 e. The van der Waals surface area contributed by atoms with Gasteiger partial charge in [0.15, 0.2) is 9.84 Å². The van der Waals surface area contributed by atoms with Crippen molar-refractivity contribution in [3.63, 3.8) is 0 Å². The molecule has 1 aromatic rings. The van der Waals surface area contributed by atoms with Crippen LogP contribution in [0.25, 0.3) is 0 Å². The van der Waals surface area contributed by atoms with Gasteiger partial charge in [0.25, 0.3) is 0 Å². The molecular weight excluding hydrogens is 250 g/mol. The number of hydrogen-bond donors (Lipinski definition) is 1. The lowest BCUT2D eigenvalue weighted by Gasteiger charge is -2.21. The van der Waals surface area contributed by atoms with Gasteiger partial charge in [0.1, 0.15) is 4.90 Å². The minimum atomic E-state index is -3.18. The summed E-state index contributed by atoms with van der Waals surface area (Å²) in [6, 6.07) is 0.188. The average Bonchev–Trinajstić information content (AvgIpc) is 2.79. The third-order valence-electron chi connectivity index (χ3n) is 3.38. The smallest absolute Gasteiger partial charge is 0.181 e. The fraction of sp³-hybridized carbons (Fsp3) is 0.750. The molecule has 6 heteroatoms. The van der Waals surface area contributed by atoms with E-state index in [9.17, 15) is 8.42 Å². The summed E-state index contributed by atoms with van der Waals surface area (Å²) in [6.45, 7) is 5.81. The molecule has 1 fully saturated rings. The maximum absolute atomic E-state index is 12.3. The van der Waals surface area contributed by atoms with Crippen LogP contribution < -0.4 is 5.32 Å². The van der Waals surface area contributed by atoms with E-state index >= 15 is 0 Å². The summed E-state index contributed by atoms with van der Waals surface area (Å²) >= 11 is 0. The SMILES string of the molecule is CC(C)n1cc(S(=O)(=O)CC2CCNCC2)cn1. The highest BCUT2D eigenvalue weighted by molar-refractivity contribution is 7.91. The Kier molecular flexibility index (Phi) is 4.07. The molecule has 0 spiro atoms. The summed E-state index contributed by atoms with van der Waals surface area (Å²) in [5, 5.41) is 7.35. The van der Waals surface area contributed by atoms with Gasteiger partial charge in [-0.15, -0.1) is 0 Å². The number of piperidine rings is 1. The zero-order valence-corrected chi connectivity index (χ0v) is 11.8. The van der Waals surface area contributed by atoms with Gasteiger partial charge < -0.3 is 5.32 Å². The molecule has 1 saturated heterocycles. The Labute approximate surface area is 108 Å². The molecule has 0 saturated carbocycles. The van der Waals surface area contributed by atoms with Crippen LogP contribution in [0.2, 0.25) is 0 Å². The lowest BCUT2D eigenvalue weighted by Crippen LogP contribution is -2.31. The molecule has 5 nitrogen and oxygen atoms in total. The second-order valence-corrected chi connectivity index (χ2v) is 7.26. The van der Waals surface area contributed by atoms with E-state index in [2.05, 4.69) is 10.4 Å². The highest BCUT2D eigenvalue weighted by atomic mass is 32.2. The molecule has 0 atom stereocenters. The number of aromatic nitrogens is 2. The van der Waals surface area contributed by atoms with E-state index in [-0.39, 0.29) is 17.7 Å². The fourth-order valence-corrected chi connectivity index (χ4v) is 3.84. The molecule has 0 unspecified atom stereocenters. The summed E-state index contributed by atoms with van der Waals surface area (Å²) in [4.78, 5) is 0.356. The Balaban J connectivity index is 2.09. The molecule has 102 valence electrons. The zero-order valence-electron chi connectivity index (χ0n) is 11.0. The first-order chi connectivity index (χ1) is 8.49. The molecule has 18 heavy (non-hydrogen) atoms. The van der Waals surface area contributed by atoms with Crippen LogP contribution in [0.5, 0.6) is 0 Å². The average molecular weight is 271 g/mol. The second-order valence-electron chi connectivity index (χ2n) is 5.22. The summed E-state index contributed by atoms with van der Waals surface area (Å²) in [5.41, 5.74) is 0. The van der Waals surface area contributed by atoms with Crippen molar-refractivity contribution in [2.24, 2.45) is 5.92 Å². The van der Waals surface area contributed by atoms with Crippen LogP contribution in [0.15, 0.2) is 17.3 Å². The first-order valence-corrected chi connectivity index (χ1v) is 8.12. The zero-order chi connectivity index (χ0) is 13.2. The Morgan fingerprint density at radius 3 is 2.67 bits per heavy atom. The third-order valence-corrected chi connectivity index (χ3v) is 5.22. The molecule has 0 radical (unpaired) electrons. The lowest BCUT2D eigenvalue weighted by atomic mass is 10.0. The number of sulfone groups is 1. The second kappa shape index (κ2) is 5.40. The quantitative estimate of drug-likeness (QED) is 0.895. The molecule has 0 aromatic carbocycles. The highest BCUT2D eigenvalue weighted by Crippen LogP contribution is 2.20. The maximum atomic E-state index is 12.3. The van der Waals surface area contributed by atoms with Crippen LogP contribution in [-0.2, 0) is 9.84 Å². The van der Waals surface area contributed by atoms with Crippen LogP contribution in [-0.4, -0.2) is 37.0 Å². The lowest BCUT2D eigenvalue weighted by molar-refractivity contribution is 0.401. The van der Waals surface area contributed by atoms with Gasteiger partial charge in [-0.2, -0.15) is 5.10 Å². The van der Waals surface area contributed by atoms with Gasteiger partial charge in [0.05, 0.1) is 11.9 Å². The monoisotopic (exact) mass is 271 g/mol. The molecule has 1 N–H and O–H groups in total. The van der Waals surface area contributed by atoms with Crippen LogP contribution >= 0.6 is 0 Å². The van der Waals surface area contributed by atoms with Crippen molar-refractivity contribution >= 4 is 9.84 Å². The number of hydrogen-bond acceptors (Lipinski definition) is 4. The summed E-state index contributed by atoms with van der Waals surface area (Å²) < 4.78 is 26.2. The van der Waals surface area contributed by atoms with E-state index in [0.717, 1.165) is 25.9 Å². The molecule has 1 aromatic heterocycles. The topological polar surface area (TPSA) is 64.0 Å². The van der Waals surface area contributed by atoms with E-state index in [1.165, 1.54) is 6.20 Å². The standard InChI is InChI=1S/C12H21N3O2S/c1-10(2)15-8-12(7-14-15)18(16,17)9-11-3-5-13-6-4-11/h7-8,10-11,13H,3-6,9H2,1-2H3. The summed E-state index contributed by atoms with van der Waals surface area (Å²) in [5.74, 6) is 0.525. The Morgan fingerprint density at radius 1 is 1.44 bits per heavy atom. The fourth-order valence-electron chi connectivity index (χ4n) is 2.22. The molecule has 0 aliphatic carbocycles.